The molecule has 0 aromatic rings. The van der Waals surface area contributed by atoms with E-state index >= 15 is 0 Å². The molecule has 0 rings (SSSR count). The second kappa shape index (κ2) is 8.06. The molecule has 0 bridgehead atoms. The van der Waals surface area contributed by atoms with Crippen LogP contribution in [0.3, 0.4) is 0 Å². The van der Waals surface area contributed by atoms with Crippen molar-refractivity contribution in [2.24, 2.45) is 0 Å². The SMILES string of the molecule is CCC(Br)CCCCCBr. The Morgan fingerprint density at radius 3 is 2.40 bits per heavy atom. The van der Waals surface area contributed by atoms with E-state index in [4.69, 9.17) is 0 Å². The predicted molar refractivity (Wildman–Crippen MR) is 55.3 cm³/mol. The lowest BCUT2D eigenvalue weighted by Gasteiger charge is -2.04. The maximum absolute atomic E-state index is 3.62. The third-order valence-electron chi connectivity index (χ3n) is 1.59. The van der Waals surface area contributed by atoms with Crippen molar-refractivity contribution >= 4 is 31.9 Å². The normalized spacial score (nSPS) is 13.5. The van der Waals surface area contributed by atoms with Crippen LogP contribution in [-0.4, -0.2) is 10.2 Å². The fourth-order valence-electron chi connectivity index (χ4n) is 0.841. The number of unbranched alkanes of at least 4 members (excludes halogenated alkanes) is 2. The number of hydrogen-bond donors (Lipinski definition) is 0. The largest absolute Gasteiger partial charge is 0.0928 e. The molecule has 0 saturated heterocycles. The first kappa shape index (κ1) is 11.0. The molecule has 0 N–H and O–H groups in total. The lowest BCUT2D eigenvalue weighted by Crippen LogP contribution is -1.94. The molecule has 1 atom stereocenters. The Kier molecular flexibility index (Phi) is 8.83. The Labute approximate surface area is 81.0 Å². The van der Waals surface area contributed by atoms with Crippen LogP contribution in [0.2, 0.25) is 0 Å². The standard InChI is InChI=1S/C8H16Br2/c1-2-8(10)6-4-3-5-7-9/h8H,2-7H2,1H3. The van der Waals surface area contributed by atoms with Crippen molar-refractivity contribution < 1.29 is 0 Å². The summed E-state index contributed by atoms with van der Waals surface area (Å²) in [6.07, 6.45) is 6.66. The van der Waals surface area contributed by atoms with E-state index in [0.29, 0.717) is 0 Å². The summed E-state index contributed by atoms with van der Waals surface area (Å²) in [6, 6.07) is 0. The van der Waals surface area contributed by atoms with Crippen LogP contribution in [0.5, 0.6) is 0 Å². The Hall–Kier alpha value is 0.960. The van der Waals surface area contributed by atoms with Crippen molar-refractivity contribution in [3.8, 4) is 0 Å². The lowest BCUT2D eigenvalue weighted by molar-refractivity contribution is 0.645. The van der Waals surface area contributed by atoms with Gasteiger partial charge in [0.1, 0.15) is 0 Å². The lowest BCUT2D eigenvalue weighted by atomic mass is 10.1. The first-order valence-electron chi connectivity index (χ1n) is 4.01. The molecule has 0 saturated carbocycles. The quantitative estimate of drug-likeness (QED) is 0.504. The van der Waals surface area contributed by atoms with Gasteiger partial charge >= 0.3 is 0 Å². The fourth-order valence-corrected chi connectivity index (χ4v) is 1.56. The fraction of sp³-hybridized carbons (Fsp3) is 1.00. The molecule has 0 aliphatic carbocycles. The Bertz CT molecular complexity index is 64.3. The molecular weight excluding hydrogens is 256 g/mol. The molecule has 0 heterocycles. The topological polar surface area (TPSA) is 0 Å². The van der Waals surface area contributed by atoms with Gasteiger partial charge in [0, 0.05) is 10.2 Å². The first-order chi connectivity index (χ1) is 4.81. The van der Waals surface area contributed by atoms with Gasteiger partial charge < -0.3 is 0 Å². The van der Waals surface area contributed by atoms with Crippen LogP contribution in [0, 0.1) is 0 Å². The van der Waals surface area contributed by atoms with Crippen molar-refractivity contribution in [1.82, 2.24) is 0 Å². The molecule has 0 aromatic carbocycles. The van der Waals surface area contributed by atoms with Gasteiger partial charge in [0.2, 0.25) is 0 Å². The van der Waals surface area contributed by atoms with Crippen LogP contribution in [0.15, 0.2) is 0 Å². The van der Waals surface area contributed by atoms with Gasteiger partial charge in [0.15, 0.2) is 0 Å². The molecule has 0 radical (unpaired) electrons. The Morgan fingerprint density at radius 1 is 1.20 bits per heavy atom. The number of alkyl halides is 2. The van der Waals surface area contributed by atoms with Gasteiger partial charge in [-0.05, 0) is 19.3 Å². The zero-order valence-corrected chi connectivity index (χ0v) is 9.75. The highest BCUT2D eigenvalue weighted by Gasteiger charge is 1.98. The van der Waals surface area contributed by atoms with Gasteiger partial charge in [-0.3, -0.25) is 0 Å². The van der Waals surface area contributed by atoms with Crippen molar-refractivity contribution in [3.63, 3.8) is 0 Å². The maximum Gasteiger partial charge on any atom is 0.0143 e. The molecule has 0 spiro atoms. The summed E-state index contributed by atoms with van der Waals surface area (Å²) in [6.45, 7) is 2.23. The van der Waals surface area contributed by atoms with E-state index in [-0.39, 0.29) is 0 Å². The molecule has 0 amide bonds. The number of halogens is 2. The highest BCUT2D eigenvalue weighted by molar-refractivity contribution is 9.09. The minimum absolute atomic E-state index is 0.753. The second-order valence-electron chi connectivity index (χ2n) is 2.54. The molecule has 0 aliphatic rings. The molecule has 0 aliphatic heterocycles. The number of hydrogen-bond acceptors (Lipinski definition) is 0. The summed E-state index contributed by atoms with van der Waals surface area (Å²) in [5.41, 5.74) is 0. The van der Waals surface area contributed by atoms with Crippen LogP contribution in [-0.2, 0) is 0 Å². The highest BCUT2D eigenvalue weighted by atomic mass is 79.9. The highest BCUT2D eigenvalue weighted by Crippen LogP contribution is 2.13. The average molecular weight is 272 g/mol. The molecule has 1 unspecified atom stereocenters. The van der Waals surface area contributed by atoms with E-state index in [9.17, 15) is 0 Å². The number of rotatable bonds is 6. The monoisotopic (exact) mass is 270 g/mol. The molecule has 0 fully saturated rings. The van der Waals surface area contributed by atoms with E-state index in [1.807, 2.05) is 0 Å². The molecular formula is C8H16Br2. The Morgan fingerprint density at radius 2 is 1.90 bits per heavy atom. The van der Waals surface area contributed by atoms with Gasteiger partial charge in [0.25, 0.3) is 0 Å². The summed E-state index contributed by atoms with van der Waals surface area (Å²) in [7, 11) is 0. The van der Waals surface area contributed by atoms with Gasteiger partial charge in [-0.15, -0.1) is 0 Å². The molecule has 0 nitrogen and oxygen atoms in total. The van der Waals surface area contributed by atoms with Crippen LogP contribution >= 0.6 is 31.9 Å². The molecule has 10 heavy (non-hydrogen) atoms. The van der Waals surface area contributed by atoms with Crippen molar-refractivity contribution in [1.29, 1.82) is 0 Å². The van der Waals surface area contributed by atoms with E-state index < -0.39 is 0 Å². The summed E-state index contributed by atoms with van der Waals surface area (Å²) in [5.74, 6) is 0. The van der Waals surface area contributed by atoms with Crippen molar-refractivity contribution in [3.05, 3.63) is 0 Å². The zero-order valence-electron chi connectivity index (χ0n) is 6.58. The third kappa shape index (κ3) is 7.07. The van der Waals surface area contributed by atoms with Crippen molar-refractivity contribution in [2.75, 3.05) is 5.33 Å². The average Bonchev–Trinajstić information content (AvgIpc) is 1.98. The molecule has 0 aromatic heterocycles. The Balaban J connectivity index is 2.89. The van der Waals surface area contributed by atoms with Gasteiger partial charge in [-0.1, -0.05) is 51.6 Å². The van der Waals surface area contributed by atoms with Crippen LogP contribution in [0.25, 0.3) is 0 Å². The van der Waals surface area contributed by atoms with E-state index in [1.165, 1.54) is 32.1 Å². The van der Waals surface area contributed by atoms with Crippen LogP contribution < -0.4 is 0 Å². The van der Waals surface area contributed by atoms with Crippen LogP contribution in [0.4, 0.5) is 0 Å². The summed E-state index contributed by atoms with van der Waals surface area (Å²) in [5, 5.41) is 1.16. The minimum atomic E-state index is 0.753. The third-order valence-corrected chi connectivity index (χ3v) is 3.26. The van der Waals surface area contributed by atoms with Gasteiger partial charge in [-0.25, -0.2) is 0 Å². The van der Waals surface area contributed by atoms with Crippen LogP contribution in [0.1, 0.15) is 39.0 Å². The van der Waals surface area contributed by atoms with E-state index in [1.54, 1.807) is 0 Å². The summed E-state index contributed by atoms with van der Waals surface area (Å²) < 4.78 is 0. The summed E-state index contributed by atoms with van der Waals surface area (Å²) in [4.78, 5) is 0.753. The molecule has 2 heteroatoms. The van der Waals surface area contributed by atoms with Crippen molar-refractivity contribution in [2.45, 2.75) is 43.9 Å². The first-order valence-corrected chi connectivity index (χ1v) is 6.05. The van der Waals surface area contributed by atoms with Gasteiger partial charge in [0.05, 0.1) is 0 Å². The minimum Gasteiger partial charge on any atom is -0.0928 e. The smallest absolute Gasteiger partial charge is 0.0143 e. The summed E-state index contributed by atoms with van der Waals surface area (Å²) >= 11 is 7.04. The second-order valence-corrected chi connectivity index (χ2v) is 4.63. The van der Waals surface area contributed by atoms with E-state index in [2.05, 4.69) is 38.8 Å². The van der Waals surface area contributed by atoms with E-state index in [0.717, 1.165) is 10.2 Å². The van der Waals surface area contributed by atoms with Gasteiger partial charge in [-0.2, -0.15) is 0 Å². The zero-order chi connectivity index (χ0) is 7.82. The predicted octanol–water partition coefficient (Wildman–Crippen LogP) is 4.12. The molecule has 62 valence electrons. The maximum atomic E-state index is 3.62.